The summed E-state index contributed by atoms with van der Waals surface area (Å²) in [6.45, 7) is 10.6. The maximum Gasteiger partial charge on any atom is 0.407 e. The molecule has 0 aliphatic rings. The molecule has 15 heavy (non-hydrogen) atoms. The zero-order valence-electron chi connectivity index (χ0n) is 9.91. The van der Waals surface area contributed by atoms with Crippen LogP contribution in [0.5, 0.6) is 0 Å². The first-order chi connectivity index (χ1) is 6.76. The van der Waals surface area contributed by atoms with Gasteiger partial charge >= 0.3 is 6.09 Å². The van der Waals surface area contributed by atoms with E-state index in [1.807, 2.05) is 0 Å². The van der Waals surface area contributed by atoms with Gasteiger partial charge in [0.25, 0.3) is 0 Å². The van der Waals surface area contributed by atoms with Gasteiger partial charge in [-0.05, 0) is 34.1 Å². The maximum atomic E-state index is 11.3. The molecule has 0 bridgehead atoms. The molecule has 0 fully saturated rings. The van der Waals surface area contributed by atoms with Gasteiger partial charge < -0.3 is 15.2 Å². The highest BCUT2D eigenvalue weighted by Crippen LogP contribution is 2.07. The lowest BCUT2D eigenvalue weighted by molar-refractivity contribution is 0.0439. The lowest BCUT2D eigenvalue weighted by Gasteiger charge is -2.23. The molecule has 0 spiro atoms. The molecule has 2 atom stereocenters. The van der Waals surface area contributed by atoms with Crippen molar-refractivity contribution in [2.45, 2.75) is 51.9 Å². The van der Waals surface area contributed by atoms with Crippen molar-refractivity contribution in [2.24, 2.45) is 0 Å². The van der Waals surface area contributed by atoms with Crippen molar-refractivity contribution < 1.29 is 14.6 Å². The molecule has 1 amide bonds. The number of nitrogens with one attached hydrogen (secondary N) is 1. The molecule has 0 aromatic rings. The molecule has 0 unspecified atom stereocenters. The van der Waals surface area contributed by atoms with E-state index in [1.54, 1.807) is 33.8 Å². The summed E-state index contributed by atoms with van der Waals surface area (Å²) >= 11 is 0. The van der Waals surface area contributed by atoms with Crippen LogP contribution in [0.25, 0.3) is 0 Å². The summed E-state index contributed by atoms with van der Waals surface area (Å²) in [5.41, 5.74) is -0.521. The molecule has 2 N–H and O–H groups in total. The Morgan fingerprint density at radius 3 is 2.53 bits per heavy atom. The molecule has 0 aliphatic carbocycles. The van der Waals surface area contributed by atoms with Crippen LogP contribution in [0, 0.1) is 0 Å². The molecule has 0 aromatic carbocycles. The minimum absolute atomic E-state index is 0.349. The van der Waals surface area contributed by atoms with E-state index in [4.69, 9.17) is 4.74 Å². The maximum absolute atomic E-state index is 11.3. The van der Waals surface area contributed by atoms with Gasteiger partial charge in [-0.2, -0.15) is 0 Å². The standard InChI is InChI=1S/C11H21NO3/c1-6-7-9(13)8(2)12-10(14)15-11(3,4)5/h6,8-9,13H,1,7H2,2-5H3,(H,12,14)/t8-,9-/m1/s1. The van der Waals surface area contributed by atoms with Gasteiger partial charge in [-0.1, -0.05) is 6.08 Å². The van der Waals surface area contributed by atoms with Gasteiger partial charge in [-0.3, -0.25) is 0 Å². The second-order valence-electron chi connectivity index (χ2n) is 4.53. The number of aliphatic hydroxyl groups is 1. The quantitative estimate of drug-likeness (QED) is 0.703. The smallest absolute Gasteiger partial charge is 0.407 e. The lowest BCUT2D eigenvalue weighted by atomic mass is 10.1. The van der Waals surface area contributed by atoms with E-state index in [2.05, 4.69) is 11.9 Å². The Balaban J connectivity index is 4.01. The van der Waals surface area contributed by atoms with Crippen LogP contribution in [0.4, 0.5) is 4.79 Å². The molecule has 0 heterocycles. The van der Waals surface area contributed by atoms with Gasteiger partial charge in [0.2, 0.25) is 0 Å². The lowest BCUT2D eigenvalue weighted by Crippen LogP contribution is -2.43. The Hall–Kier alpha value is -1.03. The van der Waals surface area contributed by atoms with Gasteiger partial charge in [0, 0.05) is 0 Å². The first-order valence-corrected chi connectivity index (χ1v) is 5.04. The highest BCUT2D eigenvalue weighted by molar-refractivity contribution is 5.68. The fourth-order valence-electron chi connectivity index (χ4n) is 0.965. The third-order valence-corrected chi connectivity index (χ3v) is 1.73. The van der Waals surface area contributed by atoms with E-state index in [-0.39, 0.29) is 6.04 Å². The summed E-state index contributed by atoms with van der Waals surface area (Å²) < 4.78 is 5.05. The third kappa shape index (κ3) is 6.96. The average Bonchev–Trinajstić information content (AvgIpc) is 2.00. The molecule has 0 saturated heterocycles. The fraction of sp³-hybridized carbons (Fsp3) is 0.727. The predicted octanol–water partition coefficient (Wildman–Crippen LogP) is 1.84. The third-order valence-electron chi connectivity index (χ3n) is 1.73. The summed E-state index contributed by atoms with van der Waals surface area (Å²) in [6.07, 6.45) is 0.905. The van der Waals surface area contributed by atoms with E-state index in [1.165, 1.54) is 0 Å². The summed E-state index contributed by atoms with van der Waals surface area (Å²) in [7, 11) is 0. The number of rotatable bonds is 4. The minimum atomic E-state index is -0.630. The zero-order chi connectivity index (χ0) is 12.1. The molecule has 4 heteroatoms. The molecule has 0 rings (SSSR count). The Morgan fingerprint density at radius 1 is 1.60 bits per heavy atom. The highest BCUT2D eigenvalue weighted by Gasteiger charge is 2.20. The monoisotopic (exact) mass is 215 g/mol. The van der Waals surface area contributed by atoms with Crippen molar-refractivity contribution in [3.8, 4) is 0 Å². The Labute approximate surface area is 91.3 Å². The Kier molecular flexibility index (Phi) is 5.36. The number of carbonyl (C=O) groups is 1. The largest absolute Gasteiger partial charge is 0.444 e. The van der Waals surface area contributed by atoms with E-state index >= 15 is 0 Å². The molecule has 0 saturated carbocycles. The van der Waals surface area contributed by atoms with Crippen molar-refractivity contribution in [3.05, 3.63) is 12.7 Å². The molecule has 4 nitrogen and oxygen atoms in total. The number of hydrogen-bond donors (Lipinski definition) is 2. The molecule has 0 radical (unpaired) electrons. The minimum Gasteiger partial charge on any atom is -0.444 e. The Morgan fingerprint density at radius 2 is 2.13 bits per heavy atom. The normalized spacial score (nSPS) is 15.3. The van der Waals surface area contributed by atoms with Crippen LogP contribution in [0.2, 0.25) is 0 Å². The summed E-state index contributed by atoms with van der Waals surface area (Å²) in [6, 6.07) is -0.349. The van der Waals surface area contributed by atoms with Gasteiger partial charge in [-0.25, -0.2) is 4.79 Å². The van der Waals surface area contributed by atoms with Crippen LogP contribution < -0.4 is 5.32 Å². The van der Waals surface area contributed by atoms with E-state index in [9.17, 15) is 9.90 Å². The van der Waals surface area contributed by atoms with Crippen LogP contribution in [-0.4, -0.2) is 28.9 Å². The topological polar surface area (TPSA) is 58.6 Å². The van der Waals surface area contributed by atoms with Gasteiger partial charge in [0.1, 0.15) is 5.60 Å². The van der Waals surface area contributed by atoms with E-state index in [0.717, 1.165) is 0 Å². The van der Waals surface area contributed by atoms with Crippen LogP contribution in [-0.2, 0) is 4.74 Å². The molecule has 88 valence electrons. The number of carbonyl (C=O) groups excluding carboxylic acids is 1. The van der Waals surface area contributed by atoms with Crippen LogP contribution in [0.1, 0.15) is 34.1 Å². The van der Waals surface area contributed by atoms with Crippen molar-refractivity contribution >= 4 is 6.09 Å². The highest BCUT2D eigenvalue weighted by atomic mass is 16.6. The van der Waals surface area contributed by atoms with Crippen LogP contribution in [0.3, 0.4) is 0 Å². The molecular weight excluding hydrogens is 194 g/mol. The van der Waals surface area contributed by atoms with Crippen molar-refractivity contribution in [2.75, 3.05) is 0 Å². The van der Waals surface area contributed by atoms with E-state index < -0.39 is 17.8 Å². The number of amides is 1. The summed E-state index contributed by atoms with van der Waals surface area (Å²) in [5, 5.41) is 12.1. The number of aliphatic hydroxyl groups excluding tert-OH is 1. The first kappa shape index (κ1) is 14.0. The number of hydrogen-bond acceptors (Lipinski definition) is 3. The average molecular weight is 215 g/mol. The second-order valence-corrected chi connectivity index (χ2v) is 4.53. The van der Waals surface area contributed by atoms with Crippen molar-refractivity contribution in [1.82, 2.24) is 5.32 Å². The van der Waals surface area contributed by atoms with Gasteiger partial charge in [-0.15, -0.1) is 6.58 Å². The summed E-state index contributed by atoms with van der Waals surface area (Å²) in [4.78, 5) is 11.3. The second kappa shape index (κ2) is 5.75. The summed E-state index contributed by atoms with van der Waals surface area (Å²) in [5.74, 6) is 0. The zero-order valence-corrected chi connectivity index (χ0v) is 9.91. The Bertz CT molecular complexity index is 220. The number of alkyl carbamates (subject to hydrolysis) is 1. The molecule has 0 aromatic heterocycles. The first-order valence-electron chi connectivity index (χ1n) is 5.04. The van der Waals surface area contributed by atoms with Crippen LogP contribution in [0.15, 0.2) is 12.7 Å². The van der Waals surface area contributed by atoms with Crippen molar-refractivity contribution in [3.63, 3.8) is 0 Å². The van der Waals surface area contributed by atoms with E-state index in [0.29, 0.717) is 6.42 Å². The van der Waals surface area contributed by atoms with Gasteiger partial charge in [0.15, 0.2) is 0 Å². The SMILES string of the molecule is C=CC[C@@H](O)[C@@H](C)NC(=O)OC(C)(C)C. The van der Waals surface area contributed by atoms with Crippen LogP contribution >= 0.6 is 0 Å². The fourth-order valence-corrected chi connectivity index (χ4v) is 0.965. The molecule has 0 aliphatic heterocycles. The van der Waals surface area contributed by atoms with Gasteiger partial charge in [0.05, 0.1) is 12.1 Å². The van der Waals surface area contributed by atoms with Crippen molar-refractivity contribution in [1.29, 1.82) is 0 Å². The molecular formula is C11H21NO3. The number of ether oxygens (including phenoxy) is 1. The predicted molar refractivity (Wildman–Crippen MR) is 59.7 cm³/mol.